The molecule has 0 saturated carbocycles. The van der Waals surface area contributed by atoms with Gasteiger partial charge >= 0.3 is 5.97 Å². The summed E-state index contributed by atoms with van der Waals surface area (Å²) in [6.07, 6.45) is 0. The first-order valence-electron chi connectivity index (χ1n) is 5.95. The number of rotatable bonds is 5. The fraction of sp³-hybridized carbons (Fsp3) is 0.0714. The minimum atomic E-state index is -3.71. The third kappa shape index (κ3) is 4.21. The molecule has 7 heteroatoms. The minimum Gasteiger partial charge on any atom is -0.478 e. The number of hydrogen-bond acceptors (Lipinski definition) is 3. The summed E-state index contributed by atoms with van der Waals surface area (Å²) < 4.78 is 26.6. The molecule has 110 valence electrons. The Balaban J connectivity index is 2.22. The van der Waals surface area contributed by atoms with Crippen LogP contribution in [0.2, 0.25) is 5.02 Å². The Morgan fingerprint density at radius 2 is 1.71 bits per heavy atom. The summed E-state index contributed by atoms with van der Waals surface area (Å²) in [4.78, 5) is 11.1. The fourth-order valence-electron chi connectivity index (χ4n) is 1.79. The lowest BCUT2D eigenvalue weighted by Crippen LogP contribution is -2.17. The van der Waals surface area contributed by atoms with Gasteiger partial charge in [-0.3, -0.25) is 4.72 Å². The summed E-state index contributed by atoms with van der Waals surface area (Å²) in [6.45, 7) is 0. The van der Waals surface area contributed by atoms with E-state index in [-0.39, 0.29) is 11.1 Å². The molecular weight excluding hydrogens is 314 g/mol. The molecule has 0 aromatic heterocycles. The molecule has 5 nitrogen and oxygen atoms in total. The van der Waals surface area contributed by atoms with Crippen LogP contribution >= 0.6 is 11.6 Å². The predicted octanol–water partition coefficient (Wildman–Crippen LogP) is 2.98. The van der Waals surface area contributed by atoms with Gasteiger partial charge in [-0.05, 0) is 35.9 Å². The standard InChI is InChI=1S/C14H12ClNO4S/c15-11-5-7-12(8-6-11)16-21(19,20)9-10-3-1-2-4-13(10)14(17)18/h1-8,16H,9H2,(H,17,18). The van der Waals surface area contributed by atoms with Gasteiger partial charge in [0.15, 0.2) is 0 Å². The summed E-state index contributed by atoms with van der Waals surface area (Å²) in [5.74, 6) is -1.58. The van der Waals surface area contributed by atoms with Crippen molar-refractivity contribution < 1.29 is 18.3 Å². The topological polar surface area (TPSA) is 83.5 Å². The maximum absolute atomic E-state index is 12.1. The molecule has 0 bridgehead atoms. The molecule has 2 rings (SSSR count). The van der Waals surface area contributed by atoms with Crippen LogP contribution in [0.25, 0.3) is 0 Å². The van der Waals surface area contributed by atoms with Crippen LogP contribution in [-0.4, -0.2) is 19.5 Å². The second-order valence-corrected chi connectivity index (χ2v) is 6.49. The van der Waals surface area contributed by atoms with Crippen LogP contribution in [0.1, 0.15) is 15.9 Å². The van der Waals surface area contributed by atoms with Gasteiger partial charge in [0.25, 0.3) is 0 Å². The monoisotopic (exact) mass is 325 g/mol. The summed E-state index contributed by atoms with van der Waals surface area (Å²) in [5, 5.41) is 9.55. The van der Waals surface area contributed by atoms with E-state index in [9.17, 15) is 13.2 Å². The van der Waals surface area contributed by atoms with E-state index in [4.69, 9.17) is 16.7 Å². The molecule has 21 heavy (non-hydrogen) atoms. The van der Waals surface area contributed by atoms with Gasteiger partial charge in [-0.25, -0.2) is 13.2 Å². The Morgan fingerprint density at radius 3 is 2.33 bits per heavy atom. The van der Waals surface area contributed by atoms with Gasteiger partial charge in [0.05, 0.1) is 11.3 Å². The van der Waals surface area contributed by atoms with Crippen LogP contribution < -0.4 is 4.72 Å². The van der Waals surface area contributed by atoms with E-state index in [1.165, 1.54) is 24.3 Å². The van der Waals surface area contributed by atoms with Crippen LogP contribution in [0.4, 0.5) is 5.69 Å². The van der Waals surface area contributed by atoms with Crippen molar-refractivity contribution in [3.63, 3.8) is 0 Å². The van der Waals surface area contributed by atoms with Gasteiger partial charge < -0.3 is 5.11 Å². The number of benzene rings is 2. The Hall–Kier alpha value is -2.05. The molecule has 0 aliphatic rings. The number of carboxylic acid groups (broad SMARTS) is 1. The molecule has 2 aromatic rings. The van der Waals surface area contributed by atoms with Crippen molar-refractivity contribution in [2.24, 2.45) is 0 Å². The van der Waals surface area contributed by atoms with Crippen molar-refractivity contribution in [1.29, 1.82) is 0 Å². The highest BCUT2D eigenvalue weighted by atomic mass is 35.5. The normalized spacial score (nSPS) is 11.1. The average molecular weight is 326 g/mol. The summed E-state index contributed by atoms with van der Waals surface area (Å²) in [6, 6.07) is 12.2. The molecule has 0 aliphatic carbocycles. The third-order valence-electron chi connectivity index (χ3n) is 2.71. The third-order valence-corrected chi connectivity index (χ3v) is 4.20. The molecule has 0 unspecified atom stereocenters. The van der Waals surface area contributed by atoms with Gasteiger partial charge in [-0.15, -0.1) is 0 Å². The molecule has 0 saturated heterocycles. The first-order valence-corrected chi connectivity index (χ1v) is 7.98. The Kier molecular flexibility index (Phi) is 4.50. The van der Waals surface area contributed by atoms with Crippen LogP contribution in [-0.2, 0) is 15.8 Å². The van der Waals surface area contributed by atoms with Gasteiger partial charge in [0, 0.05) is 10.7 Å². The van der Waals surface area contributed by atoms with Crippen molar-refractivity contribution in [3.8, 4) is 0 Å². The van der Waals surface area contributed by atoms with Gasteiger partial charge in [-0.2, -0.15) is 0 Å². The number of sulfonamides is 1. The lowest BCUT2D eigenvalue weighted by molar-refractivity contribution is 0.0696. The summed E-state index contributed by atoms with van der Waals surface area (Å²) >= 11 is 5.73. The molecular formula is C14H12ClNO4S. The second kappa shape index (κ2) is 6.15. The van der Waals surface area contributed by atoms with Crippen molar-refractivity contribution in [3.05, 3.63) is 64.7 Å². The van der Waals surface area contributed by atoms with Gasteiger partial charge in [0.2, 0.25) is 10.0 Å². The van der Waals surface area contributed by atoms with Gasteiger partial charge in [-0.1, -0.05) is 29.8 Å². The Morgan fingerprint density at radius 1 is 1.10 bits per heavy atom. The van der Waals surface area contributed by atoms with E-state index in [0.717, 1.165) is 0 Å². The summed E-state index contributed by atoms with van der Waals surface area (Å²) in [7, 11) is -3.71. The molecule has 0 aliphatic heterocycles. The molecule has 0 fully saturated rings. The average Bonchev–Trinajstić information content (AvgIpc) is 2.41. The van der Waals surface area contributed by atoms with Crippen molar-refractivity contribution >= 4 is 33.3 Å². The van der Waals surface area contributed by atoms with Crippen molar-refractivity contribution in [2.45, 2.75) is 5.75 Å². The van der Waals surface area contributed by atoms with Crippen molar-refractivity contribution in [2.75, 3.05) is 4.72 Å². The number of carbonyl (C=O) groups is 1. The van der Waals surface area contributed by atoms with E-state index >= 15 is 0 Å². The van der Waals surface area contributed by atoms with Crippen LogP contribution in [0.5, 0.6) is 0 Å². The Bertz CT molecular complexity index is 757. The minimum absolute atomic E-state index is 0.0287. The second-order valence-electron chi connectivity index (χ2n) is 4.33. The predicted molar refractivity (Wildman–Crippen MR) is 81.1 cm³/mol. The molecule has 2 aromatic carbocycles. The lowest BCUT2D eigenvalue weighted by Gasteiger charge is -2.10. The van der Waals surface area contributed by atoms with Crippen molar-refractivity contribution in [1.82, 2.24) is 0 Å². The summed E-state index contributed by atoms with van der Waals surface area (Å²) in [5.41, 5.74) is 0.567. The molecule has 0 amide bonds. The smallest absolute Gasteiger partial charge is 0.335 e. The van der Waals surface area contributed by atoms with E-state index < -0.39 is 21.7 Å². The van der Waals surface area contributed by atoms with Crippen LogP contribution in [0, 0.1) is 0 Å². The number of nitrogens with one attached hydrogen (secondary N) is 1. The number of aromatic carboxylic acids is 1. The number of anilines is 1. The highest BCUT2D eigenvalue weighted by Gasteiger charge is 2.17. The van der Waals surface area contributed by atoms with Crippen LogP contribution in [0.15, 0.2) is 48.5 Å². The largest absolute Gasteiger partial charge is 0.478 e. The zero-order valence-corrected chi connectivity index (χ0v) is 12.4. The Labute approximate surface area is 127 Å². The highest BCUT2D eigenvalue weighted by Crippen LogP contribution is 2.18. The number of hydrogen-bond donors (Lipinski definition) is 2. The quantitative estimate of drug-likeness (QED) is 0.885. The SMILES string of the molecule is O=C(O)c1ccccc1CS(=O)(=O)Nc1ccc(Cl)cc1. The molecule has 0 radical (unpaired) electrons. The first kappa shape index (κ1) is 15.3. The molecule has 0 heterocycles. The maximum Gasteiger partial charge on any atom is 0.335 e. The molecule has 0 spiro atoms. The van der Waals surface area contributed by atoms with E-state index in [1.54, 1.807) is 24.3 Å². The molecule has 0 atom stereocenters. The lowest BCUT2D eigenvalue weighted by atomic mass is 10.1. The fourth-order valence-corrected chi connectivity index (χ4v) is 3.15. The number of carboxylic acids is 1. The zero-order valence-electron chi connectivity index (χ0n) is 10.8. The zero-order chi connectivity index (χ0) is 15.5. The van der Waals surface area contributed by atoms with E-state index in [0.29, 0.717) is 10.7 Å². The molecule has 2 N–H and O–H groups in total. The van der Waals surface area contributed by atoms with E-state index in [2.05, 4.69) is 4.72 Å². The number of halogens is 1. The van der Waals surface area contributed by atoms with Gasteiger partial charge in [0.1, 0.15) is 0 Å². The highest BCUT2D eigenvalue weighted by molar-refractivity contribution is 7.91. The van der Waals surface area contributed by atoms with E-state index in [1.807, 2.05) is 0 Å². The maximum atomic E-state index is 12.1. The first-order chi connectivity index (χ1) is 9.87. The van der Waals surface area contributed by atoms with Crippen LogP contribution in [0.3, 0.4) is 0 Å².